The number of imide groups is 1. The summed E-state index contributed by atoms with van der Waals surface area (Å²) in [6.45, 7) is 1.52. The van der Waals surface area contributed by atoms with E-state index in [2.05, 4.69) is 25.8 Å². The Labute approximate surface area is 183 Å². The van der Waals surface area contributed by atoms with Crippen LogP contribution < -0.4 is 10.6 Å². The molecule has 1 saturated heterocycles. The Hall–Kier alpha value is -3.99. The normalized spacial score (nSPS) is 18.1. The second-order valence-corrected chi connectivity index (χ2v) is 8.49. The average Bonchev–Trinajstić information content (AvgIpc) is 3.45. The molecular weight excluding hydrogens is 437 g/mol. The van der Waals surface area contributed by atoms with Crippen LogP contribution in [0.3, 0.4) is 0 Å². The summed E-state index contributed by atoms with van der Waals surface area (Å²) in [5.41, 5.74) is 1.09. The molecule has 3 heterocycles. The minimum Gasteiger partial charge on any atom is -0.418 e. The molecule has 9 nitrogen and oxygen atoms in total. The van der Waals surface area contributed by atoms with Gasteiger partial charge >= 0.3 is 6.03 Å². The summed E-state index contributed by atoms with van der Waals surface area (Å²) in [5, 5.41) is 12.4. The Morgan fingerprint density at radius 3 is 2.59 bits per heavy atom. The van der Waals surface area contributed by atoms with Crippen molar-refractivity contribution in [3.63, 3.8) is 0 Å². The molecule has 1 fully saturated rings. The fourth-order valence-electron chi connectivity index (χ4n) is 3.36. The molecule has 0 saturated carbocycles. The third-order valence-electron chi connectivity index (χ3n) is 5.04. The highest BCUT2D eigenvalue weighted by Crippen LogP contribution is 2.29. The molecule has 0 aliphatic carbocycles. The highest BCUT2D eigenvalue weighted by Gasteiger charge is 2.43. The minimum atomic E-state index is -1.24. The molecular formula is C21H14FN5O4S. The van der Waals surface area contributed by atoms with Crippen LogP contribution in [0.1, 0.15) is 28.5 Å². The van der Waals surface area contributed by atoms with E-state index in [4.69, 9.17) is 4.42 Å². The van der Waals surface area contributed by atoms with Crippen LogP contribution in [-0.2, 0) is 11.2 Å². The van der Waals surface area contributed by atoms with Crippen molar-refractivity contribution in [3.05, 3.63) is 65.1 Å². The molecule has 0 spiro atoms. The first kappa shape index (κ1) is 19.9. The van der Waals surface area contributed by atoms with E-state index in [1.54, 1.807) is 18.2 Å². The van der Waals surface area contributed by atoms with Crippen molar-refractivity contribution in [2.45, 2.75) is 18.9 Å². The van der Waals surface area contributed by atoms with Gasteiger partial charge in [0.2, 0.25) is 5.89 Å². The Morgan fingerprint density at radius 1 is 1.12 bits per heavy atom. The summed E-state index contributed by atoms with van der Waals surface area (Å²) in [5.74, 6) is -1.60. The van der Waals surface area contributed by atoms with Crippen LogP contribution in [0.25, 0.3) is 21.3 Å². The van der Waals surface area contributed by atoms with Gasteiger partial charge in [0.15, 0.2) is 5.01 Å². The molecule has 1 unspecified atom stereocenters. The zero-order valence-corrected chi connectivity index (χ0v) is 17.3. The molecule has 160 valence electrons. The second-order valence-electron chi connectivity index (χ2n) is 7.46. The van der Waals surface area contributed by atoms with E-state index in [1.165, 1.54) is 30.4 Å². The third-order valence-corrected chi connectivity index (χ3v) is 6.06. The summed E-state index contributed by atoms with van der Waals surface area (Å²) < 4.78 is 19.4. The molecule has 5 rings (SSSR count). The number of thiazole rings is 1. The topological polar surface area (TPSA) is 127 Å². The van der Waals surface area contributed by atoms with Crippen molar-refractivity contribution in [1.82, 2.24) is 25.8 Å². The summed E-state index contributed by atoms with van der Waals surface area (Å²) in [4.78, 5) is 40.5. The molecule has 32 heavy (non-hydrogen) atoms. The number of hydrogen-bond acceptors (Lipinski definition) is 8. The van der Waals surface area contributed by atoms with E-state index in [0.717, 1.165) is 15.8 Å². The average molecular weight is 451 g/mol. The lowest BCUT2D eigenvalue weighted by Gasteiger charge is -2.17. The van der Waals surface area contributed by atoms with Crippen molar-refractivity contribution in [2.75, 3.05) is 0 Å². The first-order chi connectivity index (χ1) is 15.3. The highest BCUT2D eigenvalue weighted by molar-refractivity contribution is 7.20. The summed E-state index contributed by atoms with van der Waals surface area (Å²) in [6.07, 6.45) is -0.0638. The largest absolute Gasteiger partial charge is 0.418 e. The summed E-state index contributed by atoms with van der Waals surface area (Å²) in [6, 6.07) is 11.0. The third kappa shape index (κ3) is 3.52. The number of benzene rings is 2. The van der Waals surface area contributed by atoms with Crippen LogP contribution in [0.5, 0.6) is 0 Å². The van der Waals surface area contributed by atoms with Crippen molar-refractivity contribution in [3.8, 4) is 11.1 Å². The summed E-state index contributed by atoms with van der Waals surface area (Å²) in [7, 11) is 0. The van der Waals surface area contributed by atoms with Gasteiger partial charge in [0.1, 0.15) is 11.4 Å². The van der Waals surface area contributed by atoms with Gasteiger partial charge in [0.25, 0.3) is 17.6 Å². The number of amides is 3. The Kier molecular flexibility index (Phi) is 4.55. The molecule has 1 atom stereocenters. The maximum Gasteiger partial charge on any atom is 0.322 e. The van der Waals surface area contributed by atoms with Crippen LogP contribution in [0.15, 0.2) is 46.9 Å². The Morgan fingerprint density at radius 2 is 1.88 bits per heavy atom. The van der Waals surface area contributed by atoms with E-state index >= 15 is 0 Å². The van der Waals surface area contributed by atoms with E-state index in [0.29, 0.717) is 5.52 Å². The Bertz CT molecular complexity index is 1400. The SMILES string of the molecule is CC1(Cc2nnc(C(=O)c3nc4ccc(-c5ccc(F)cc5)cc4s3)o2)NC(=O)NC1=O. The number of ketones is 1. The first-order valence-electron chi connectivity index (χ1n) is 9.48. The number of fused-ring (bicyclic) bond motifs is 1. The first-order valence-corrected chi connectivity index (χ1v) is 10.3. The number of nitrogens with one attached hydrogen (secondary N) is 2. The van der Waals surface area contributed by atoms with Gasteiger partial charge in [0, 0.05) is 0 Å². The van der Waals surface area contributed by atoms with Crippen LogP contribution in [0, 0.1) is 5.82 Å². The van der Waals surface area contributed by atoms with E-state index in [-0.39, 0.29) is 29.0 Å². The number of halogens is 1. The standard InChI is InChI=1S/C21H14FN5O4S/c1-21(19(29)24-20(30)25-21)9-15-26-27-17(31-15)16(28)18-23-13-7-4-11(8-14(13)32-18)10-2-5-12(22)6-3-10/h2-8H,9H2,1H3,(H2,24,25,29,30). The van der Waals surface area contributed by atoms with Gasteiger partial charge < -0.3 is 9.73 Å². The molecule has 4 aromatic rings. The molecule has 3 amide bonds. The number of carbonyl (C=O) groups excluding carboxylic acids is 3. The lowest BCUT2D eigenvalue weighted by Crippen LogP contribution is -2.45. The monoisotopic (exact) mass is 451 g/mol. The molecule has 0 bridgehead atoms. The predicted molar refractivity (Wildman–Crippen MR) is 112 cm³/mol. The van der Waals surface area contributed by atoms with Gasteiger partial charge in [-0.1, -0.05) is 18.2 Å². The van der Waals surface area contributed by atoms with Crippen molar-refractivity contribution in [2.24, 2.45) is 0 Å². The minimum absolute atomic E-state index is 0.0351. The summed E-state index contributed by atoms with van der Waals surface area (Å²) >= 11 is 1.17. The smallest absolute Gasteiger partial charge is 0.322 e. The predicted octanol–water partition coefficient (Wildman–Crippen LogP) is 2.86. The lowest BCUT2D eigenvalue weighted by atomic mass is 9.98. The Balaban J connectivity index is 1.39. The van der Waals surface area contributed by atoms with Gasteiger partial charge in [-0.25, -0.2) is 14.2 Å². The molecule has 2 aromatic heterocycles. The van der Waals surface area contributed by atoms with Crippen LogP contribution in [-0.4, -0.2) is 38.4 Å². The lowest BCUT2D eigenvalue weighted by molar-refractivity contribution is -0.123. The number of hydrogen-bond donors (Lipinski definition) is 2. The number of rotatable bonds is 5. The molecule has 2 N–H and O–H groups in total. The van der Waals surface area contributed by atoms with Gasteiger partial charge in [0.05, 0.1) is 16.6 Å². The van der Waals surface area contributed by atoms with Gasteiger partial charge in [-0.3, -0.25) is 14.9 Å². The van der Waals surface area contributed by atoms with Crippen LogP contribution >= 0.6 is 11.3 Å². The number of urea groups is 1. The zero-order valence-electron chi connectivity index (χ0n) is 16.5. The quantitative estimate of drug-likeness (QED) is 0.353. The van der Waals surface area contributed by atoms with E-state index in [1.807, 2.05) is 12.1 Å². The maximum atomic E-state index is 13.2. The van der Waals surface area contributed by atoms with Gasteiger partial charge in [-0.2, -0.15) is 0 Å². The highest BCUT2D eigenvalue weighted by atomic mass is 32.1. The fraction of sp³-hybridized carbons (Fsp3) is 0.143. The number of aromatic nitrogens is 3. The van der Waals surface area contributed by atoms with E-state index in [9.17, 15) is 18.8 Å². The number of carbonyl (C=O) groups is 3. The molecule has 11 heteroatoms. The maximum absolute atomic E-state index is 13.2. The molecule has 1 aliphatic heterocycles. The van der Waals surface area contributed by atoms with Crippen LogP contribution in [0.4, 0.5) is 9.18 Å². The second kappa shape index (κ2) is 7.31. The van der Waals surface area contributed by atoms with Crippen molar-refractivity contribution >= 4 is 39.3 Å². The fourth-order valence-corrected chi connectivity index (χ4v) is 4.29. The van der Waals surface area contributed by atoms with Gasteiger partial charge in [-0.15, -0.1) is 21.5 Å². The molecule has 1 aliphatic rings. The number of nitrogens with zero attached hydrogens (tertiary/aromatic N) is 3. The van der Waals surface area contributed by atoms with Crippen molar-refractivity contribution in [1.29, 1.82) is 0 Å². The molecule has 0 radical (unpaired) electrons. The van der Waals surface area contributed by atoms with E-state index < -0.39 is 23.3 Å². The molecule has 2 aromatic carbocycles. The zero-order chi connectivity index (χ0) is 22.5. The van der Waals surface area contributed by atoms with Crippen molar-refractivity contribution < 1.29 is 23.2 Å². The van der Waals surface area contributed by atoms with Crippen LogP contribution in [0.2, 0.25) is 0 Å². The van der Waals surface area contributed by atoms with Gasteiger partial charge in [-0.05, 0) is 42.3 Å².